The van der Waals surface area contributed by atoms with Gasteiger partial charge in [-0.05, 0) is 29.7 Å². The van der Waals surface area contributed by atoms with Crippen LogP contribution in [0.5, 0.6) is 5.88 Å². The van der Waals surface area contributed by atoms with Gasteiger partial charge in [-0.3, -0.25) is 14.6 Å². The molecule has 2 heterocycles. The summed E-state index contributed by atoms with van der Waals surface area (Å²) in [5, 5.41) is 0. The second kappa shape index (κ2) is 5.77. The second-order valence-electron chi connectivity index (χ2n) is 5.57. The van der Waals surface area contributed by atoms with Gasteiger partial charge in [-0.15, -0.1) is 0 Å². The Kier molecular flexibility index (Phi) is 3.76. The Morgan fingerprint density at radius 1 is 1.21 bits per heavy atom. The highest BCUT2D eigenvalue weighted by molar-refractivity contribution is 5.94. The first kappa shape index (κ1) is 15.7. The summed E-state index contributed by atoms with van der Waals surface area (Å²) in [7, 11) is 1.51. The topological polar surface area (TPSA) is 121 Å². The minimum Gasteiger partial charge on any atom is -0.481 e. The molecule has 0 aliphatic heterocycles. The Hall–Kier alpha value is -3.22. The van der Waals surface area contributed by atoms with Crippen LogP contribution < -0.4 is 16.2 Å². The summed E-state index contributed by atoms with van der Waals surface area (Å²) in [6, 6.07) is 5.06. The molecule has 122 valence electrons. The number of pyridine rings is 2. The van der Waals surface area contributed by atoms with Gasteiger partial charge < -0.3 is 16.2 Å². The molecule has 0 aromatic carbocycles. The molecule has 1 atom stereocenters. The van der Waals surface area contributed by atoms with Gasteiger partial charge in [-0.2, -0.15) is 0 Å². The van der Waals surface area contributed by atoms with Gasteiger partial charge in [0.15, 0.2) is 0 Å². The van der Waals surface area contributed by atoms with Gasteiger partial charge in [0.05, 0.1) is 23.8 Å². The first-order valence-corrected chi connectivity index (χ1v) is 7.24. The molecule has 0 spiro atoms. The van der Waals surface area contributed by atoms with Gasteiger partial charge in [-0.1, -0.05) is 12.1 Å². The fraction of sp³-hybridized carbons (Fsp3) is 0.176. The maximum absolute atomic E-state index is 12.3. The Morgan fingerprint density at radius 2 is 2.00 bits per heavy atom. The first-order valence-electron chi connectivity index (χ1n) is 7.24. The number of primary amides is 2. The van der Waals surface area contributed by atoms with Crippen molar-refractivity contribution < 1.29 is 14.3 Å². The summed E-state index contributed by atoms with van der Waals surface area (Å²) in [5.74, 6) is -0.646. The van der Waals surface area contributed by atoms with Crippen molar-refractivity contribution in [1.82, 2.24) is 9.97 Å². The number of nitrogens with two attached hydrogens (primary N) is 2. The zero-order valence-electron chi connectivity index (χ0n) is 13.0. The van der Waals surface area contributed by atoms with Gasteiger partial charge in [0.2, 0.25) is 17.7 Å². The molecule has 1 aliphatic carbocycles. The lowest BCUT2D eigenvalue weighted by Crippen LogP contribution is -2.43. The average Bonchev–Trinajstić information content (AvgIpc) is 2.60. The standard InChI is InChI=1S/C17H16N4O3/c1-24-14-3-2-12(9-21-14)17(16(19)23)5-4-13-10(7-17)6-11(8-20-13)15(18)22/h2-6,8-9H,7H2,1H3,(H2,18,22)(H2,19,23). The van der Waals surface area contributed by atoms with E-state index in [9.17, 15) is 9.59 Å². The number of rotatable bonds is 4. The molecule has 3 rings (SSSR count). The molecule has 7 heteroatoms. The van der Waals surface area contributed by atoms with Crippen LogP contribution in [0.2, 0.25) is 0 Å². The van der Waals surface area contributed by atoms with Crippen LogP contribution in [0.25, 0.3) is 6.08 Å². The molecule has 0 radical (unpaired) electrons. The molecule has 7 nitrogen and oxygen atoms in total. The molecular weight excluding hydrogens is 308 g/mol. The van der Waals surface area contributed by atoms with Crippen molar-refractivity contribution >= 4 is 17.9 Å². The van der Waals surface area contributed by atoms with Crippen LogP contribution in [0.3, 0.4) is 0 Å². The van der Waals surface area contributed by atoms with Crippen molar-refractivity contribution in [2.45, 2.75) is 11.8 Å². The van der Waals surface area contributed by atoms with Crippen molar-refractivity contribution in [3.05, 3.63) is 59.1 Å². The molecule has 1 aliphatic rings. The van der Waals surface area contributed by atoms with E-state index in [1.807, 2.05) is 0 Å². The number of ether oxygens (including phenoxy) is 1. The van der Waals surface area contributed by atoms with E-state index in [4.69, 9.17) is 16.2 Å². The largest absolute Gasteiger partial charge is 0.481 e. The second-order valence-corrected chi connectivity index (χ2v) is 5.57. The van der Waals surface area contributed by atoms with Gasteiger partial charge in [0, 0.05) is 18.5 Å². The Labute approximate surface area is 138 Å². The average molecular weight is 324 g/mol. The molecule has 0 bridgehead atoms. The summed E-state index contributed by atoms with van der Waals surface area (Å²) < 4.78 is 5.04. The third-order valence-corrected chi connectivity index (χ3v) is 4.18. The number of fused-ring (bicyclic) bond motifs is 1. The molecule has 0 saturated carbocycles. The van der Waals surface area contributed by atoms with E-state index in [1.165, 1.54) is 13.3 Å². The summed E-state index contributed by atoms with van der Waals surface area (Å²) in [5.41, 5.74) is 12.3. The molecule has 1 unspecified atom stereocenters. The van der Waals surface area contributed by atoms with Crippen LogP contribution in [0.15, 0.2) is 36.7 Å². The number of hydrogen-bond acceptors (Lipinski definition) is 5. The Bertz CT molecular complexity index is 845. The first-order chi connectivity index (χ1) is 11.5. The third kappa shape index (κ3) is 2.50. The predicted octanol–water partition coefficient (Wildman–Crippen LogP) is 0.577. The van der Waals surface area contributed by atoms with Crippen molar-refractivity contribution in [1.29, 1.82) is 0 Å². The Morgan fingerprint density at radius 3 is 2.58 bits per heavy atom. The molecule has 2 aromatic heterocycles. The number of methoxy groups -OCH3 is 1. The van der Waals surface area contributed by atoms with Crippen molar-refractivity contribution in [3.63, 3.8) is 0 Å². The van der Waals surface area contributed by atoms with E-state index < -0.39 is 17.2 Å². The van der Waals surface area contributed by atoms with Crippen molar-refractivity contribution in [3.8, 4) is 5.88 Å². The molecular formula is C17H16N4O3. The molecule has 4 N–H and O–H groups in total. The molecule has 2 amide bonds. The molecule has 0 saturated heterocycles. The lowest BCUT2D eigenvalue weighted by Gasteiger charge is -2.31. The summed E-state index contributed by atoms with van der Waals surface area (Å²) in [4.78, 5) is 32.0. The van der Waals surface area contributed by atoms with Crippen LogP contribution in [-0.4, -0.2) is 28.9 Å². The molecule has 24 heavy (non-hydrogen) atoms. The zero-order valence-corrected chi connectivity index (χ0v) is 13.0. The monoisotopic (exact) mass is 324 g/mol. The molecule has 0 fully saturated rings. The maximum atomic E-state index is 12.3. The fourth-order valence-electron chi connectivity index (χ4n) is 2.80. The number of hydrogen-bond donors (Lipinski definition) is 2. The Balaban J connectivity index is 2.08. The highest BCUT2D eigenvalue weighted by Gasteiger charge is 2.39. The minimum atomic E-state index is -1.07. The van der Waals surface area contributed by atoms with Crippen molar-refractivity contribution in [2.75, 3.05) is 7.11 Å². The highest BCUT2D eigenvalue weighted by atomic mass is 16.5. The van der Waals surface area contributed by atoms with Crippen LogP contribution in [0.4, 0.5) is 0 Å². The summed E-state index contributed by atoms with van der Waals surface area (Å²) in [6.45, 7) is 0. The van der Waals surface area contributed by atoms with Gasteiger partial charge in [0.25, 0.3) is 0 Å². The highest BCUT2D eigenvalue weighted by Crippen LogP contribution is 2.35. The van der Waals surface area contributed by atoms with Crippen LogP contribution in [0.1, 0.15) is 27.2 Å². The number of aromatic nitrogens is 2. The van der Waals surface area contributed by atoms with Crippen LogP contribution >= 0.6 is 0 Å². The lowest BCUT2D eigenvalue weighted by atomic mass is 9.72. The summed E-state index contributed by atoms with van der Waals surface area (Å²) in [6.07, 6.45) is 6.69. The number of amides is 2. The maximum Gasteiger partial charge on any atom is 0.250 e. The van der Waals surface area contributed by atoms with E-state index in [0.29, 0.717) is 17.1 Å². The van der Waals surface area contributed by atoms with Gasteiger partial charge in [0.1, 0.15) is 0 Å². The third-order valence-electron chi connectivity index (χ3n) is 4.18. The predicted molar refractivity (Wildman–Crippen MR) is 87.2 cm³/mol. The van der Waals surface area contributed by atoms with Crippen LogP contribution in [-0.2, 0) is 16.6 Å². The summed E-state index contributed by atoms with van der Waals surface area (Å²) >= 11 is 0. The molecule has 2 aromatic rings. The smallest absolute Gasteiger partial charge is 0.250 e. The quantitative estimate of drug-likeness (QED) is 0.852. The van der Waals surface area contributed by atoms with E-state index in [0.717, 1.165) is 5.56 Å². The number of carbonyl (C=O) groups is 2. The van der Waals surface area contributed by atoms with Gasteiger partial charge >= 0.3 is 0 Å². The lowest BCUT2D eigenvalue weighted by molar-refractivity contribution is -0.122. The number of nitrogens with zero attached hydrogens (tertiary/aromatic N) is 2. The SMILES string of the molecule is COc1ccc(C2(C(N)=O)C=Cc3ncc(C(N)=O)cc3C2)cn1. The van der Waals surface area contributed by atoms with E-state index in [-0.39, 0.29) is 12.0 Å². The van der Waals surface area contributed by atoms with E-state index in [2.05, 4.69) is 9.97 Å². The number of carbonyl (C=O) groups excluding carboxylic acids is 2. The fourth-order valence-corrected chi connectivity index (χ4v) is 2.80. The van der Waals surface area contributed by atoms with Crippen LogP contribution in [0, 0.1) is 0 Å². The van der Waals surface area contributed by atoms with Gasteiger partial charge in [-0.25, -0.2) is 4.98 Å². The van der Waals surface area contributed by atoms with E-state index in [1.54, 1.807) is 36.5 Å². The normalized spacial score (nSPS) is 18.7. The van der Waals surface area contributed by atoms with Crippen molar-refractivity contribution in [2.24, 2.45) is 11.5 Å². The zero-order chi connectivity index (χ0) is 17.3. The van der Waals surface area contributed by atoms with E-state index >= 15 is 0 Å². The minimum absolute atomic E-state index is 0.274.